The quantitative estimate of drug-likeness (QED) is 0.611. The summed E-state index contributed by atoms with van der Waals surface area (Å²) < 4.78 is 0. The molecule has 0 spiro atoms. The van der Waals surface area contributed by atoms with Gasteiger partial charge >= 0.3 is 0 Å². The molecule has 2 aliphatic rings. The topological polar surface area (TPSA) is 122 Å². The van der Waals surface area contributed by atoms with Crippen molar-refractivity contribution >= 4 is 23.6 Å². The van der Waals surface area contributed by atoms with Crippen LogP contribution in [-0.4, -0.2) is 34.6 Å². The number of carbonyl (C=O) groups is 4. The van der Waals surface area contributed by atoms with E-state index >= 15 is 0 Å². The predicted octanol–water partition coefficient (Wildman–Crippen LogP) is 0.836. The zero-order valence-corrected chi connectivity index (χ0v) is 16.3. The Labute approximate surface area is 173 Å². The molecule has 154 valence electrons. The highest BCUT2D eigenvalue weighted by atomic mass is 16.2. The standard InChI is InChI=1S/C22H22N4O4/c23-10-13-4-6-14(7-5-13)11-24-12-15-2-1-3-16-19(15)22(30)26(21(16)29)17-8-9-18(27)25-20(17)28/h1-7,17,24H,8-12,23H2,(H,25,27,28). The second-order valence-corrected chi connectivity index (χ2v) is 7.41. The largest absolute Gasteiger partial charge is 0.326 e. The fourth-order valence-corrected chi connectivity index (χ4v) is 3.87. The maximum Gasteiger partial charge on any atom is 0.262 e. The van der Waals surface area contributed by atoms with Crippen molar-refractivity contribution in [1.29, 1.82) is 0 Å². The third kappa shape index (κ3) is 3.62. The van der Waals surface area contributed by atoms with Crippen molar-refractivity contribution in [2.75, 3.05) is 0 Å². The van der Waals surface area contributed by atoms with E-state index in [2.05, 4.69) is 10.6 Å². The van der Waals surface area contributed by atoms with Gasteiger partial charge in [-0.2, -0.15) is 0 Å². The number of nitrogens with zero attached hydrogens (tertiary/aromatic N) is 1. The van der Waals surface area contributed by atoms with Gasteiger partial charge in [-0.05, 0) is 29.2 Å². The average Bonchev–Trinajstić information content (AvgIpc) is 3.00. The number of fused-ring (bicyclic) bond motifs is 1. The van der Waals surface area contributed by atoms with E-state index in [1.54, 1.807) is 18.2 Å². The van der Waals surface area contributed by atoms with Crippen LogP contribution in [0.3, 0.4) is 0 Å². The number of piperidine rings is 1. The Morgan fingerprint density at radius 1 is 0.967 bits per heavy atom. The third-order valence-corrected chi connectivity index (χ3v) is 5.46. The summed E-state index contributed by atoms with van der Waals surface area (Å²) >= 11 is 0. The molecule has 2 aromatic carbocycles. The molecular weight excluding hydrogens is 384 g/mol. The van der Waals surface area contributed by atoms with E-state index in [1.807, 2.05) is 24.3 Å². The molecule has 2 aromatic rings. The molecule has 0 aromatic heterocycles. The maximum absolute atomic E-state index is 13.1. The molecule has 8 nitrogen and oxygen atoms in total. The van der Waals surface area contributed by atoms with Gasteiger partial charge in [-0.25, -0.2) is 0 Å². The number of nitrogens with two attached hydrogens (primary N) is 1. The smallest absolute Gasteiger partial charge is 0.262 e. The van der Waals surface area contributed by atoms with Gasteiger partial charge in [0, 0.05) is 26.1 Å². The fraction of sp³-hybridized carbons (Fsp3) is 0.273. The first-order chi connectivity index (χ1) is 14.5. The molecule has 4 amide bonds. The van der Waals surface area contributed by atoms with Gasteiger partial charge < -0.3 is 11.1 Å². The lowest BCUT2D eigenvalue weighted by molar-refractivity contribution is -0.136. The summed E-state index contributed by atoms with van der Waals surface area (Å²) in [5.74, 6) is -1.99. The number of carbonyl (C=O) groups excluding carboxylic acids is 4. The van der Waals surface area contributed by atoms with Crippen LogP contribution >= 0.6 is 0 Å². The van der Waals surface area contributed by atoms with E-state index in [1.165, 1.54) is 0 Å². The summed E-state index contributed by atoms with van der Waals surface area (Å²) in [5.41, 5.74) is 9.04. The Morgan fingerprint density at radius 3 is 2.40 bits per heavy atom. The first kappa shape index (κ1) is 19.9. The van der Waals surface area contributed by atoms with Crippen molar-refractivity contribution in [3.05, 3.63) is 70.3 Å². The predicted molar refractivity (Wildman–Crippen MR) is 108 cm³/mol. The molecule has 1 atom stereocenters. The molecule has 2 heterocycles. The Balaban J connectivity index is 1.50. The van der Waals surface area contributed by atoms with Crippen LogP contribution in [-0.2, 0) is 29.2 Å². The van der Waals surface area contributed by atoms with Crippen molar-refractivity contribution < 1.29 is 19.2 Å². The van der Waals surface area contributed by atoms with Gasteiger partial charge in [0.1, 0.15) is 6.04 Å². The third-order valence-electron chi connectivity index (χ3n) is 5.46. The number of benzene rings is 2. The molecule has 4 N–H and O–H groups in total. The van der Waals surface area contributed by atoms with Crippen LogP contribution in [0.1, 0.15) is 50.2 Å². The molecule has 2 aliphatic heterocycles. The summed E-state index contributed by atoms with van der Waals surface area (Å²) in [6, 6.07) is 12.1. The molecule has 0 bridgehead atoms. The van der Waals surface area contributed by atoms with Crippen molar-refractivity contribution in [3.63, 3.8) is 0 Å². The summed E-state index contributed by atoms with van der Waals surface area (Å²) in [4.78, 5) is 50.5. The lowest BCUT2D eigenvalue weighted by Gasteiger charge is -2.27. The molecule has 0 radical (unpaired) electrons. The number of rotatable bonds is 6. The first-order valence-electron chi connectivity index (χ1n) is 9.81. The second kappa shape index (κ2) is 8.17. The second-order valence-electron chi connectivity index (χ2n) is 7.41. The summed E-state index contributed by atoms with van der Waals surface area (Å²) in [5, 5.41) is 5.50. The number of imide groups is 2. The number of amides is 4. The number of hydrogen-bond acceptors (Lipinski definition) is 6. The van der Waals surface area contributed by atoms with Gasteiger partial charge in [0.15, 0.2) is 0 Å². The highest BCUT2D eigenvalue weighted by Crippen LogP contribution is 2.29. The molecule has 4 rings (SSSR count). The molecule has 30 heavy (non-hydrogen) atoms. The zero-order valence-electron chi connectivity index (χ0n) is 16.3. The van der Waals surface area contributed by atoms with Crippen LogP contribution < -0.4 is 16.4 Å². The van der Waals surface area contributed by atoms with Crippen molar-refractivity contribution in [3.8, 4) is 0 Å². The lowest BCUT2D eigenvalue weighted by atomic mass is 10.0. The van der Waals surface area contributed by atoms with E-state index < -0.39 is 29.7 Å². The van der Waals surface area contributed by atoms with E-state index in [0.717, 1.165) is 16.0 Å². The zero-order chi connectivity index (χ0) is 21.3. The van der Waals surface area contributed by atoms with Crippen molar-refractivity contribution in [2.24, 2.45) is 5.73 Å². The minimum absolute atomic E-state index is 0.0984. The van der Waals surface area contributed by atoms with Crippen molar-refractivity contribution in [2.45, 2.75) is 38.5 Å². The fourth-order valence-electron chi connectivity index (χ4n) is 3.87. The van der Waals surface area contributed by atoms with Gasteiger partial charge in [0.2, 0.25) is 11.8 Å². The first-order valence-corrected chi connectivity index (χ1v) is 9.81. The van der Waals surface area contributed by atoms with Crippen LogP contribution in [0.5, 0.6) is 0 Å². The van der Waals surface area contributed by atoms with Crippen LogP contribution in [0, 0.1) is 0 Å². The van der Waals surface area contributed by atoms with Gasteiger partial charge in [-0.3, -0.25) is 29.4 Å². The Morgan fingerprint density at radius 2 is 1.70 bits per heavy atom. The molecule has 0 aliphatic carbocycles. The van der Waals surface area contributed by atoms with Gasteiger partial charge in [0.05, 0.1) is 11.1 Å². The molecule has 1 saturated heterocycles. The van der Waals surface area contributed by atoms with Crippen molar-refractivity contribution in [1.82, 2.24) is 15.5 Å². The summed E-state index contributed by atoms with van der Waals surface area (Å²) in [7, 11) is 0. The highest BCUT2D eigenvalue weighted by molar-refractivity contribution is 6.24. The van der Waals surface area contributed by atoms with Gasteiger partial charge in [-0.1, -0.05) is 36.4 Å². The molecular formula is C22H22N4O4. The monoisotopic (exact) mass is 406 g/mol. The summed E-state index contributed by atoms with van der Waals surface area (Å²) in [6.07, 6.45) is 0.240. The molecule has 0 saturated carbocycles. The molecule has 1 unspecified atom stereocenters. The van der Waals surface area contributed by atoms with E-state index in [4.69, 9.17) is 5.73 Å². The minimum Gasteiger partial charge on any atom is -0.326 e. The lowest BCUT2D eigenvalue weighted by Crippen LogP contribution is -2.54. The van der Waals surface area contributed by atoms with Crippen LogP contribution in [0.2, 0.25) is 0 Å². The SMILES string of the molecule is NCc1ccc(CNCc2cccc3c2C(=O)N(C2CCC(=O)NC2=O)C3=O)cc1. The summed E-state index contributed by atoms with van der Waals surface area (Å²) in [6.45, 7) is 1.47. The van der Waals surface area contributed by atoms with E-state index in [-0.39, 0.29) is 18.4 Å². The van der Waals surface area contributed by atoms with Gasteiger partial charge in [-0.15, -0.1) is 0 Å². The average molecular weight is 406 g/mol. The number of hydrogen-bond donors (Lipinski definition) is 3. The molecule has 8 heteroatoms. The normalized spacial score (nSPS) is 18.6. The Kier molecular flexibility index (Phi) is 5.43. The minimum atomic E-state index is -0.961. The van der Waals surface area contributed by atoms with E-state index in [0.29, 0.717) is 30.8 Å². The Bertz CT molecular complexity index is 1030. The maximum atomic E-state index is 13.1. The van der Waals surface area contributed by atoms with Crippen LogP contribution in [0.4, 0.5) is 0 Å². The van der Waals surface area contributed by atoms with Crippen LogP contribution in [0.15, 0.2) is 42.5 Å². The van der Waals surface area contributed by atoms with Crippen LogP contribution in [0.25, 0.3) is 0 Å². The van der Waals surface area contributed by atoms with Gasteiger partial charge in [0.25, 0.3) is 11.8 Å². The molecule has 1 fully saturated rings. The Hall–Kier alpha value is -3.36. The number of nitrogens with one attached hydrogen (secondary N) is 2. The van der Waals surface area contributed by atoms with E-state index in [9.17, 15) is 19.2 Å². The highest BCUT2D eigenvalue weighted by Gasteiger charge is 2.45.